The average Bonchev–Trinajstić information content (AvgIpc) is 3.15. The number of hydrogen-bond donors (Lipinski definition) is 0. The third-order valence-corrected chi connectivity index (χ3v) is 5.40. The summed E-state index contributed by atoms with van der Waals surface area (Å²) in [6, 6.07) is 15.4. The zero-order valence-electron chi connectivity index (χ0n) is 16.3. The van der Waals surface area contributed by atoms with E-state index in [0.29, 0.717) is 23.1 Å². The number of nitro benzene ring substituents is 1. The van der Waals surface area contributed by atoms with Gasteiger partial charge in [-0.15, -0.1) is 16.8 Å². The second kappa shape index (κ2) is 9.84. The molecule has 0 saturated heterocycles. The molecule has 0 aliphatic rings. The zero-order chi connectivity index (χ0) is 21.5. The SMILES string of the molecule is C=CCn1c(SC(C(=O)OCC)c2ccccc2)nnc1-c1ccc([N+](=O)[O-])cc1. The Hall–Kier alpha value is -3.46. The normalized spacial score (nSPS) is 11.6. The van der Waals surface area contributed by atoms with Gasteiger partial charge in [0.15, 0.2) is 11.0 Å². The number of non-ortho nitro benzene ring substituents is 1. The minimum Gasteiger partial charge on any atom is -0.465 e. The molecule has 0 N–H and O–H groups in total. The lowest BCUT2D eigenvalue weighted by atomic mass is 10.1. The van der Waals surface area contributed by atoms with Gasteiger partial charge in [0.2, 0.25) is 0 Å². The van der Waals surface area contributed by atoms with Crippen molar-refractivity contribution in [3.63, 3.8) is 0 Å². The van der Waals surface area contributed by atoms with Crippen LogP contribution in [0.2, 0.25) is 0 Å². The van der Waals surface area contributed by atoms with Gasteiger partial charge in [-0.05, 0) is 24.6 Å². The molecule has 3 aromatic rings. The Morgan fingerprint density at radius 1 is 1.23 bits per heavy atom. The highest BCUT2D eigenvalue weighted by atomic mass is 32.2. The number of allylic oxidation sites excluding steroid dienone is 1. The van der Waals surface area contributed by atoms with Crippen molar-refractivity contribution in [3.8, 4) is 11.4 Å². The lowest BCUT2D eigenvalue weighted by molar-refractivity contribution is -0.384. The summed E-state index contributed by atoms with van der Waals surface area (Å²) >= 11 is 1.24. The van der Waals surface area contributed by atoms with Crippen molar-refractivity contribution in [2.24, 2.45) is 0 Å². The number of aromatic nitrogens is 3. The fourth-order valence-corrected chi connectivity index (χ4v) is 3.86. The number of rotatable bonds is 9. The van der Waals surface area contributed by atoms with Crippen molar-refractivity contribution in [1.82, 2.24) is 14.8 Å². The van der Waals surface area contributed by atoms with Crippen molar-refractivity contribution in [2.45, 2.75) is 23.9 Å². The fourth-order valence-electron chi connectivity index (χ4n) is 2.82. The van der Waals surface area contributed by atoms with E-state index >= 15 is 0 Å². The van der Waals surface area contributed by atoms with E-state index in [9.17, 15) is 14.9 Å². The van der Waals surface area contributed by atoms with Gasteiger partial charge in [0.25, 0.3) is 5.69 Å². The van der Waals surface area contributed by atoms with Crippen LogP contribution in [0.25, 0.3) is 11.4 Å². The standard InChI is InChI=1S/C21H20N4O4S/c1-3-14-24-19(16-10-12-17(13-11-16)25(27)28)22-23-21(24)30-18(20(26)29-4-2)15-8-6-5-7-9-15/h3,5-13,18H,1,4,14H2,2H3. The number of thioether (sulfide) groups is 1. The van der Waals surface area contributed by atoms with Gasteiger partial charge in [-0.25, -0.2) is 0 Å². The number of carbonyl (C=O) groups excluding carboxylic acids is 1. The molecule has 0 saturated carbocycles. The molecule has 0 spiro atoms. The zero-order valence-corrected chi connectivity index (χ0v) is 17.1. The summed E-state index contributed by atoms with van der Waals surface area (Å²) in [5.41, 5.74) is 1.47. The van der Waals surface area contributed by atoms with E-state index in [0.717, 1.165) is 5.56 Å². The van der Waals surface area contributed by atoms with Crippen molar-refractivity contribution in [3.05, 3.63) is 82.9 Å². The van der Waals surface area contributed by atoms with Gasteiger partial charge in [0, 0.05) is 24.2 Å². The summed E-state index contributed by atoms with van der Waals surface area (Å²) in [7, 11) is 0. The van der Waals surface area contributed by atoms with Crippen molar-refractivity contribution < 1.29 is 14.5 Å². The molecular formula is C21H20N4O4S. The molecule has 1 heterocycles. The highest BCUT2D eigenvalue weighted by molar-refractivity contribution is 8.00. The molecule has 8 nitrogen and oxygen atoms in total. The molecule has 1 atom stereocenters. The fraction of sp³-hybridized carbons (Fsp3) is 0.190. The molecule has 3 rings (SSSR count). The Morgan fingerprint density at radius 2 is 1.93 bits per heavy atom. The number of carbonyl (C=O) groups is 1. The van der Waals surface area contributed by atoms with Crippen LogP contribution in [0, 0.1) is 10.1 Å². The maximum atomic E-state index is 12.6. The summed E-state index contributed by atoms with van der Waals surface area (Å²) < 4.78 is 7.07. The van der Waals surface area contributed by atoms with Gasteiger partial charge in [-0.1, -0.05) is 48.2 Å². The van der Waals surface area contributed by atoms with Crippen LogP contribution < -0.4 is 0 Å². The molecule has 0 bridgehead atoms. The van der Waals surface area contributed by atoms with Crippen LogP contribution in [-0.2, 0) is 16.1 Å². The van der Waals surface area contributed by atoms with Crippen LogP contribution >= 0.6 is 11.8 Å². The van der Waals surface area contributed by atoms with E-state index in [4.69, 9.17) is 4.74 Å². The lowest BCUT2D eigenvalue weighted by Gasteiger charge is -2.16. The Kier molecular flexibility index (Phi) is 6.97. The van der Waals surface area contributed by atoms with Gasteiger partial charge < -0.3 is 4.74 Å². The Labute approximate surface area is 177 Å². The largest absolute Gasteiger partial charge is 0.465 e. The predicted molar refractivity (Wildman–Crippen MR) is 114 cm³/mol. The topological polar surface area (TPSA) is 100 Å². The molecule has 0 fully saturated rings. The van der Waals surface area contributed by atoms with Crippen LogP contribution in [0.4, 0.5) is 5.69 Å². The number of hydrogen-bond acceptors (Lipinski definition) is 7. The van der Waals surface area contributed by atoms with E-state index in [-0.39, 0.29) is 18.3 Å². The first kappa shape index (κ1) is 21.3. The van der Waals surface area contributed by atoms with Gasteiger partial charge in [-0.2, -0.15) is 0 Å². The Bertz CT molecular complexity index is 1030. The predicted octanol–water partition coefficient (Wildman–Crippen LogP) is 4.44. The molecule has 0 radical (unpaired) electrons. The van der Waals surface area contributed by atoms with Crippen molar-refractivity contribution in [1.29, 1.82) is 0 Å². The van der Waals surface area contributed by atoms with E-state index in [1.807, 2.05) is 34.9 Å². The first-order valence-corrected chi connectivity index (χ1v) is 10.1. The number of ether oxygens (including phenoxy) is 1. The highest BCUT2D eigenvalue weighted by Crippen LogP contribution is 2.37. The first-order valence-electron chi connectivity index (χ1n) is 9.22. The molecule has 2 aromatic carbocycles. The molecule has 9 heteroatoms. The Balaban J connectivity index is 1.97. The van der Waals surface area contributed by atoms with Gasteiger partial charge in [-0.3, -0.25) is 19.5 Å². The molecule has 30 heavy (non-hydrogen) atoms. The monoisotopic (exact) mass is 424 g/mol. The Morgan fingerprint density at radius 3 is 2.53 bits per heavy atom. The molecule has 0 aliphatic heterocycles. The third-order valence-electron chi connectivity index (χ3n) is 4.19. The average molecular weight is 424 g/mol. The summed E-state index contributed by atoms with van der Waals surface area (Å²) in [6.45, 7) is 6.23. The van der Waals surface area contributed by atoms with E-state index in [1.54, 1.807) is 25.1 Å². The number of nitrogens with zero attached hydrogens (tertiary/aromatic N) is 4. The van der Waals surface area contributed by atoms with Crippen LogP contribution in [0.15, 0.2) is 72.4 Å². The van der Waals surface area contributed by atoms with Crippen LogP contribution in [0.3, 0.4) is 0 Å². The quantitative estimate of drug-likeness (QED) is 0.165. The summed E-state index contributed by atoms with van der Waals surface area (Å²) in [6.07, 6.45) is 1.70. The van der Waals surface area contributed by atoms with Gasteiger partial charge in [0.1, 0.15) is 5.25 Å². The molecule has 0 aliphatic carbocycles. The van der Waals surface area contributed by atoms with E-state index in [1.165, 1.54) is 23.9 Å². The van der Waals surface area contributed by atoms with E-state index < -0.39 is 10.2 Å². The smallest absolute Gasteiger partial charge is 0.324 e. The number of esters is 1. The van der Waals surface area contributed by atoms with Crippen LogP contribution in [0.5, 0.6) is 0 Å². The summed E-state index contributed by atoms with van der Waals surface area (Å²) in [5.74, 6) is 0.168. The van der Waals surface area contributed by atoms with Gasteiger partial charge >= 0.3 is 5.97 Å². The highest BCUT2D eigenvalue weighted by Gasteiger charge is 2.27. The third kappa shape index (κ3) is 4.74. The van der Waals surface area contributed by atoms with Crippen LogP contribution in [0.1, 0.15) is 17.7 Å². The van der Waals surface area contributed by atoms with Gasteiger partial charge in [0.05, 0.1) is 11.5 Å². The maximum absolute atomic E-state index is 12.6. The maximum Gasteiger partial charge on any atom is 0.324 e. The lowest BCUT2D eigenvalue weighted by Crippen LogP contribution is -2.14. The molecule has 1 aromatic heterocycles. The molecule has 154 valence electrons. The van der Waals surface area contributed by atoms with Crippen molar-refractivity contribution in [2.75, 3.05) is 6.61 Å². The second-order valence-electron chi connectivity index (χ2n) is 6.17. The summed E-state index contributed by atoms with van der Waals surface area (Å²) in [5, 5.41) is 19.3. The van der Waals surface area contributed by atoms with E-state index in [2.05, 4.69) is 16.8 Å². The minimum atomic E-state index is -0.608. The molecule has 0 amide bonds. The number of nitro groups is 1. The van der Waals surface area contributed by atoms with Crippen LogP contribution in [-0.4, -0.2) is 32.3 Å². The molecule has 1 unspecified atom stereocenters. The van der Waals surface area contributed by atoms with Crippen molar-refractivity contribution >= 4 is 23.4 Å². The number of benzene rings is 2. The molecular weight excluding hydrogens is 404 g/mol. The summed E-state index contributed by atoms with van der Waals surface area (Å²) in [4.78, 5) is 23.1. The first-order chi connectivity index (χ1) is 14.5. The minimum absolute atomic E-state index is 0.00501. The second-order valence-corrected chi connectivity index (χ2v) is 7.24.